The number of hydrogen-bond donors (Lipinski definition) is 3. The van der Waals surface area contributed by atoms with Gasteiger partial charge in [0.05, 0.1) is 25.4 Å². The number of nitrogens with one attached hydrogen (secondary N) is 1. The molecule has 0 aliphatic rings. The third kappa shape index (κ3) is 62.9. The van der Waals surface area contributed by atoms with Crippen molar-refractivity contribution in [2.75, 3.05) is 13.2 Å². The number of rotatable bonds is 64. The molecule has 0 saturated heterocycles. The van der Waals surface area contributed by atoms with Crippen LogP contribution in [0.25, 0.3) is 0 Å². The zero-order chi connectivity index (χ0) is 55.7. The van der Waals surface area contributed by atoms with Crippen LogP contribution in [0.1, 0.15) is 367 Å². The number of esters is 1. The Morgan fingerprint density at radius 1 is 0.364 bits per heavy atom. The van der Waals surface area contributed by atoms with Crippen molar-refractivity contribution in [2.45, 2.75) is 379 Å². The standard InChI is InChI=1S/C71H133NO5/c1-3-5-7-9-11-13-15-17-19-36-39-43-47-51-55-59-63-69(74)68(67-73)72-70(75)64-60-56-52-48-44-40-37-33-31-29-27-25-23-21-20-22-24-26-28-30-32-34-38-42-46-50-54-58-62-66-77-71(76)65-61-57-53-49-45-41-35-18-16-14-12-10-8-6-4-2/h12,14,18,20,22,26,28,35,68-69,73-74H,3-11,13,15-17,19,21,23-25,27,29-34,36-67H2,1-2H3,(H,72,75)/b14-12-,22-20-,28-26-,35-18-. The summed E-state index contributed by atoms with van der Waals surface area (Å²) < 4.78 is 5.48. The van der Waals surface area contributed by atoms with E-state index in [0.717, 1.165) is 57.8 Å². The number of aliphatic hydroxyl groups excluding tert-OH is 2. The number of ether oxygens (including phenoxy) is 1. The third-order valence-electron chi connectivity index (χ3n) is 15.9. The van der Waals surface area contributed by atoms with Gasteiger partial charge in [0.25, 0.3) is 0 Å². The molecule has 3 N–H and O–H groups in total. The number of hydrogen-bond acceptors (Lipinski definition) is 5. The van der Waals surface area contributed by atoms with Gasteiger partial charge in [-0.2, -0.15) is 0 Å². The molecular weight excluding hydrogens is 947 g/mol. The fraction of sp³-hybridized carbons (Fsp3) is 0.859. The van der Waals surface area contributed by atoms with Crippen molar-refractivity contribution in [3.8, 4) is 0 Å². The van der Waals surface area contributed by atoms with Crippen molar-refractivity contribution in [2.24, 2.45) is 0 Å². The lowest BCUT2D eigenvalue weighted by Gasteiger charge is -2.22. The van der Waals surface area contributed by atoms with E-state index in [1.165, 1.54) is 276 Å². The van der Waals surface area contributed by atoms with Gasteiger partial charge in [-0.15, -0.1) is 0 Å². The Hall–Kier alpha value is -2.18. The minimum absolute atomic E-state index is 0.00200. The van der Waals surface area contributed by atoms with Gasteiger partial charge in [-0.05, 0) is 89.9 Å². The lowest BCUT2D eigenvalue weighted by atomic mass is 10.0. The average molecular weight is 1080 g/mol. The highest BCUT2D eigenvalue weighted by atomic mass is 16.5. The minimum Gasteiger partial charge on any atom is -0.466 e. The van der Waals surface area contributed by atoms with E-state index in [4.69, 9.17) is 4.74 Å². The first-order valence-electron chi connectivity index (χ1n) is 34.4. The first-order chi connectivity index (χ1) is 38.0. The number of aliphatic hydroxyl groups is 2. The van der Waals surface area contributed by atoms with Gasteiger partial charge in [0.15, 0.2) is 0 Å². The highest BCUT2D eigenvalue weighted by Crippen LogP contribution is 2.18. The van der Waals surface area contributed by atoms with Crippen LogP contribution >= 0.6 is 0 Å². The van der Waals surface area contributed by atoms with E-state index in [1.807, 2.05) is 0 Å². The molecule has 0 aromatic carbocycles. The van der Waals surface area contributed by atoms with Crippen molar-refractivity contribution in [3.05, 3.63) is 48.6 Å². The third-order valence-corrected chi connectivity index (χ3v) is 15.9. The summed E-state index contributed by atoms with van der Waals surface area (Å²) in [5.74, 6) is -0.0359. The van der Waals surface area contributed by atoms with E-state index >= 15 is 0 Å². The van der Waals surface area contributed by atoms with Crippen LogP contribution in [0.3, 0.4) is 0 Å². The van der Waals surface area contributed by atoms with Crippen LogP contribution in [0.2, 0.25) is 0 Å². The summed E-state index contributed by atoms with van der Waals surface area (Å²) in [6.45, 7) is 4.94. The zero-order valence-electron chi connectivity index (χ0n) is 51.7. The highest BCUT2D eigenvalue weighted by Gasteiger charge is 2.20. The van der Waals surface area contributed by atoms with Gasteiger partial charge in [0.2, 0.25) is 5.91 Å². The van der Waals surface area contributed by atoms with Crippen molar-refractivity contribution in [3.63, 3.8) is 0 Å². The van der Waals surface area contributed by atoms with Crippen molar-refractivity contribution >= 4 is 11.9 Å². The smallest absolute Gasteiger partial charge is 0.305 e. The molecule has 1 amide bonds. The number of allylic oxidation sites excluding steroid dienone is 8. The van der Waals surface area contributed by atoms with Gasteiger partial charge in [-0.1, -0.05) is 313 Å². The molecule has 0 aliphatic carbocycles. The fourth-order valence-corrected chi connectivity index (χ4v) is 10.6. The van der Waals surface area contributed by atoms with Crippen LogP contribution in [0, 0.1) is 0 Å². The van der Waals surface area contributed by atoms with Gasteiger partial charge < -0.3 is 20.3 Å². The molecule has 0 fully saturated rings. The van der Waals surface area contributed by atoms with Crippen molar-refractivity contribution < 1.29 is 24.5 Å². The monoisotopic (exact) mass is 1080 g/mol. The first kappa shape index (κ1) is 74.8. The molecule has 77 heavy (non-hydrogen) atoms. The molecule has 2 atom stereocenters. The van der Waals surface area contributed by atoms with E-state index in [1.54, 1.807) is 0 Å². The van der Waals surface area contributed by atoms with Crippen LogP contribution in [0.4, 0.5) is 0 Å². The average Bonchev–Trinajstić information content (AvgIpc) is 3.43. The summed E-state index contributed by atoms with van der Waals surface area (Å²) in [7, 11) is 0. The number of carbonyl (C=O) groups is 2. The van der Waals surface area contributed by atoms with E-state index in [9.17, 15) is 19.8 Å². The lowest BCUT2D eigenvalue weighted by molar-refractivity contribution is -0.143. The molecule has 0 aliphatic heterocycles. The highest BCUT2D eigenvalue weighted by molar-refractivity contribution is 5.76. The van der Waals surface area contributed by atoms with E-state index in [2.05, 4.69) is 67.8 Å². The molecule has 0 saturated carbocycles. The topological polar surface area (TPSA) is 95.9 Å². The number of amides is 1. The lowest BCUT2D eigenvalue weighted by Crippen LogP contribution is -2.45. The maximum atomic E-state index is 12.5. The van der Waals surface area contributed by atoms with Crippen LogP contribution < -0.4 is 5.32 Å². The zero-order valence-corrected chi connectivity index (χ0v) is 51.7. The van der Waals surface area contributed by atoms with E-state index in [0.29, 0.717) is 25.9 Å². The summed E-state index contributed by atoms with van der Waals surface area (Å²) in [6, 6.07) is -0.543. The molecule has 2 unspecified atom stereocenters. The SMILES string of the molecule is CCCCC/C=C\C/C=C\CCCCCCCC(=O)OCCCCCCCCCCC/C=C\C/C=C\CCCCCCCCCCCCCCCC(=O)NC(CO)C(O)CCCCCCCCCCCCCCCCCC. The van der Waals surface area contributed by atoms with Crippen LogP contribution in [-0.2, 0) is 14.3 Å². The fourth-order valence-electron chi connectivity index (χ4n) is 10.6. The normalized spacial score (nSPS) is 12.8. The van der Waals surface area contributed by atoms with Gasteiger partial charge in [0, 0.05) is 12.8 Å². The van der Waals surface area contributed by atoms with Gasteiger partial charge in [-0.3, -0.25) is 9.59 Å². The molecule has 0 heterocycles. The number of carbonyl (C=O) groups excluding carboxylic acids is 2. The minimum atomic E-state index is -0.666. The largest absolute Gasteiger partial charge is 0.466 e. The molecule has 0 radical (unpaired) electrons. The van der Waals surface area contributed by atoms with Crippen LogP contribution in [-0.4, -0.2) is 47.4 Å². The molecule has 452 valence electrons. The second-order valence-electron chi connectivity index (χ2n) is 23.5. The number of unbranched alkanes of at least 4 members (excludes halogenated alkanes) is 45. The van der Waals surface area contributed by atoms with E-state index < -0.39 is 12.1 Å². The summed E-state index contributed by atoms with van der Waals surface area (Å²) >= 11 is 0. The summed E-state index contributed by atoms with van der Waals surface area (Å²) in [5.41, 5.74) is 0. The Morgan fingerprint density at radius 3 is 1.01 bits per heavy atom. The maximum absolute atomic E-state index is 12.5. The van der Waals surface area contributed by atoms with Gasteiger partial charge >= 0.3 is 5.97 Å². The van der Waals surface area contributed by atoms with Crippen LogP contribution in [0.15, 0.2) is 48.6 Å². The van der Waals surface area contributed by atoms with Gasteiger partial charge in [0.1, 0.15) is 0 Å². The van der Waals surface area contributed by atoms with Gasteiger partial charge in [-0.25, -0.2) is 0 Å². The van der Waals surface area contributed by atoms with Crippen molar-refractivity contribution in [1.82, 2.24) is 5.32 Å². The molecule has 6 heteroatoms. The van der Waals surface area contributed by atoms with Crippen molar-refractivity contribution in [1.29, 1.82) is 0 Å². The predicted octanol–water partition coefficient (Wildman–Crippen LogP) is 22.1. The second-order valence-corrected chi connectivity index (χ2v) is 23.5. The molecule has 6 nitrogen and oxygen atoms in total. The molecule has 0 rings (SSSR count). The van der Waals surface area contributed by atoms with E-state index in [-0.39, 0.29) is 18.5 Å². The molecule has 0 bridgehead atoms. The second kappa shape index (κ2) is 66.3. The summed E-state index contributed by atoms with van der Waals surface area (Å²) in [6.07, 6.45) is 85.8. The quantitative estimate of drug-likeness (QED) is 0.0320. The Bertz CT molecular complexity index is 1290. The Kier molecular flexibility index (Phi) is 64.5. The Morgan fingerprint density at radius 2 is 0.649 bits per heavy atom. The predicted molar refractivity (Wildman–Crippen MR) is 338 cm³/mol. The summed E-state index contributed by atoms with van der Waals surface area (Å²) in [4.78, 5) is 24.6. The molecule has 0 aromatic heterocycles. The molecule has 0 aromatic rings. The Balaban J connectivity index is 3.41. The summed E-state index contributed by atoms with van der Waals surface area (Å²) in [5, 5.41) is 23.3. The first-order valence-corrected chi connectivity index (χ1v) is 34.4. The van der Waals surface area contributed by atoms with Crippen LogP contribution in [0.5, 0.6) is 0 Å². The molecule has 0 spiro atoms. The maximum Gasteiger partial charge on any atom is 0.305 e. The Labute approximate surface area is 480 Å². The molecular formula is C71H133NO5.